The molecule has 5 heteroatoms. The molecule has 0 aliphatic rings. The van der Waals surface area contributed by atoms with E-state index in [1.54, 1.807) is 19.1 Å². The van der Waals surface area contributed by atoms with Gasteiger partial charge in [0.05, 0.1) is 16.4 Å². The lowest BCUT2D eigenvalue weighted by Crippen LogP contribution is -2.02. The summed E-state index contributed by atoms with van der Waals surface area (Å²) in [7, 11) is 0. The Morgan fingerprint density at radius 2 is 2.00 bits per heavy atom. The molecule has 2 aromatic carbocycles. The van der Waals surface area contributed by atoms with Gasteiger partial charge in [0.2, 0.25) is 0 Å². The molecule has 1 heterocycles. The monoisotopic (exact) mass is 322 g/mol. The highest BCUT2D eigenvalue weighted by Gasteiger charge is 2.17. The quantitative estimate of drug-likeness (QED) is 0.575. The number of aryl methyl sites for hydroxylation is 1. The topological polar surface area (TPSA) is 17.8 Å². The first-order valence-electron chi connectivity index (χ1n) is 6.56. The fourth-order valence-electron chi connectivity index (χ4n) is 2.37. The number of rotatable bonds is 2. The summed E-state index contributed by atoms with van der Waals surface area (Å²) in [5, 5.41) is 0.320. The molecule has 0 amide bonds. The highest BCUT2D eigenvalue weighted by atomic mass is 35.5. The smallest absolute Gasteiger partial charge is 0.132 e. The maximum Gasteiger partial charge on any atom is 0.132 e. The number of hydrogen-bond donors (Lipinski definition) is 0. The molecule has 0 fully saturated rings. The van der Waals surface area contributed by atoms with Crippen LogP contribution in [0.15, 0.2) is 36.4 Å². The second-order valence-corrected chi connectivity index (χ2v) is 6.08. The number of alkyl halides is 1. The van der Waals surface area contributed by atoms with Crippen molar-refractivity contribution in [1.29, 1.82) is 0 Å². The maximum atomic E-state index is 13.8. The van der Waals surface area contributed by atoms with Crippen LogP contribution in [0.1, 0.15) is 23.7 Å². The number of imidazole rings is 1. The molecule has 3 rings (SSSR count). The normalized spacial score (nSPS) is 12.8. The van der Waals surface area contributed by atoms with Crippen molar-refractivity contribution >= 4 is 34.2 Å². The predicted molar refractivity (Wildman–Crippen MR) is 85.0 cm³/mol. The summed E-state index contributed by atoms with van der Waals surface area (Å²) in [5.41, 5.74) is 2.83. The van der Waals surface area contributed by atoms with E-state index in [-0.39, 0.29) is 11.2 Å². The number of hydrogen-bond acceptors (Lipinski definition) is 1. The third-order valence-electron chi connectivity index (χ3n) is 3.38. The molecule has 0 saturated heterocycles. The van der Waals surface area contributed by atoms with E-state index in [1.807, 2.05) is 29.7 Å². The summed E-state index contributed by atoms with van der Waals surface area (Å²) in [6.07, 6.45) is 0. The standard InChI is InChI=1S/C16H13Cl2FN2/c1-9-6-15-14(8-13(9)19)20-16(10(2)17)21(15)12-5-3-4-11(18)7-12/h3-8,10H,1-2H3. The largest absolute Gasteiger partial charge is 0.295 e. The predicted octanol–water partition coefficient (Wildman–Crippen LogP) is 5.43. The minimum absolute atomic E-state index is 0.271. The van der Waals surface area contributed by atoms with Crippen molar-refractivity contribution in [1.82, 2.24) is 9.55 Å². The summed E-state index contributed by atoms with van der Waals surface area (Å²) in [6, 6.07) is 10.6. The average molecular weight is 323 g/mol. The van der Waals surface area contributed by atoms with Gasteiger partial charge in [0, 0.05) is 16.8 Å². The van der Waals surface area contributed by atoms with Crippen LogP contribution >= 0.6 is 23.2 Å². The van der Waals surface area contributed by atoms with E-state index in [1.165, 1.54) is 6.07 Å². The highest BCUT2D eigenvalue weighted by molar-refractivity contribution is 6.30. The zero-order valence-corrected chi connectivity index (χ0v) is 13.1. The molecule has 1 aromatic heterocycles. The van der Waals surface area contributed by atoms with E-state index in [4.69, 9.17) is 23.2 Å². The summed E-state index contributed by atoms with van der Waals surface area (Å²) >= 11 is 12.3. The van der Waals surface area contributed by atoms with E-state index in [9.17, 15) is 4.39 Å². The Morgan fingerprint density at radius 3 is 2.67 bits per heavy atom. The van der Waals surface area contributed by atoms with Crippen LogP contribution in [0.4, 0.5) is 4.39 Å². The summed E-state index contributed by atoms with van der Waals surface area (Å²) in [6.45, 7) is 3.57. The van der Waals surface area contributed by atoms with Crippen LogP contribution in [0.25, 0.3) is 16.7 Å². The van der Waals surface area contributed by atoms with E-state index in [0.29, 0.717) is 21.9 Å². The van der Waals surface area contributed by atoms with Gasteiger partial charge in [0.15, 0.2) is 0 Å². The summed E-state index contributed by atoms with van der Waals surface area (Å²) in [4.78, 5) is 4.47. The second kappa shape index (κ2) is 5.32. The number of fused-ring (bicyclic) bond motifs is 1. The van der Waals surface area contributed by atoms with Gasteiger partial charge in [-0.05, 0) is 43.7 Å². The van der Waals surface area contributed by atoms with Gasteiger partial charge in [-0.25, -0.2) is 9.37 Å². The molecule has 2 nitrogen and oxygen atoms in total. The molecule has 0 saturated carbocycles. The van der Waals surface area contributed by atoms with Crippen molar-refractivity contribution in [2.45, 2.75) is 19.2 Å². The molecule has 0 aliphatic heterocycles. The zero-order valence-electron chi connectivity index (χ0n) is 11.6. The van der Waals surface area contributed by atoms with Gasteiger partial charge in [-0.2, -0.15) is 0 Å². The number of halogens is 3. The first-order valence-corrected chi connectivity index (χ1v) is 7.37. The number of nitrogens with zero attached hydrogens (tertiary/aromatic N) is 2. The van der Waals surface area contributed by atoms with Crippen molar-refractivity contribution in [2.24, 2.45) is 0 Å². The van der Waals surface area contributed by atoms with Crippen molar-refractivity contribution < 1.29 is 4.39 Å². The highest BCUT2D eigenvalue weighted by Crippen LogP contribution is 2.30. The van der Waals surface area contributed by atoms with Crippen molar-refractivity contribution in [3.63, 3.8) is 0 Å². The Hall–Kier alpha value is -1.58. The molecule has 1 unspecified atom stereocenters. The van der Waals surface area contributed by atoms with Gasteiger partial charge in [-0.1, -0.05) is 17.7 Å². The Labute approximate surface area is 132 Å². The van der Waals surface area contributed by atoms with Gasteiger partial charge in [-0.3, -0.25) is 4.57 Å². The Bertz CT molecular complexity index is 825. The SMILES string of the molecule is Cc1cc2c(cc1F)nc(C(C)Cl)n2-c1cccc(Cl)c1. The van der Waals surface area contributed by atoms with Gasteiger partial charge in [0.1, 0.15) is 11.6 Å². The lowest BCUT2D eigenvalue weighted by molar-refractivity contribution is 0.620. The minimum atomic E-state index is -0.306. The van der Waals surface area contributed by atoms with Crippen LogP contribution in [-0.2, 0) is 0 Å². The average Bonchev–Trinajstić information content (AvgIpc) is 2.78. The molecule has 3 aromatic rings. The number of aromatic nitrogens is 2. The maximum absolute atomic E-state index is 13.8. The molecule has 1 atom stereocenters. The van der Waals surface area contributed by atoms with E-state index in [2.05, 4.69) is 4.98 Å². The van der Waals surface area contributed by atoms with Crippen LogP contribution in [0, 0.1) is 12.7 Å². The summed E-state index contributed by atoms with van der Waals surface area (Å²) in [5.74, 6) is 0.394. The first-order chi connectivity index (χ1) is 9.97. The van der Waals surface area contributed by atoms with Crippen molar-refractivity contribution in [2.75, 3.05) is 0 Å². The fraction of sp³-hybridized carbons (Fsp3) is 0.188. The molecule has 0 bridgehead atoms. The minimum Gasteiger partial charge on any atom is -0.295 e. The zero-order chi connectivity index (χ0) is 15.1. The van der Waals surface area contributed by atoms with Gasteiger partial charge >= 0.3 is 0 Å². The first kappa shape index (κ1) is 14.4. The van der Waals surface area contributed by atoms with Gasteiger partial charge < -0.3 is 0 Å². The van der Waals surface area contributed by atoms with Crippen molar-refractivity contribution in [3.8, 4) is 5.69 Å². The van der Waals surface area contributed by atoms with Crippen LogP contribution < -0.4 is 0 Å². The molecular weight excluding hydrogens is 310 g/mol. The molecule has 0 radical (unpaired) electrons. The van der Waals surface area contributed by atoms with Gasteiger partial charge in [-0.15, -0.1) is 11.6 Å². The molecular formula is C16H13Cl2FN2. The Kier molecular flexibility index (Phi) is 3.64. The molecule has 0 N–H and O–H groups in total. The van der Waals surface area contributed by atoms with Crippen LogP contribution in [0.2, 0.25) is 5.02 Å². The Morgan fingerprint density at radius 1 is 1.24 bits per heavy atom. The van der Waals surface area contributed by atoms with Gasteiger partial charge in [0.25, 0.3) is 0 Å². The van der Waals surface area contributed by atoms with E-state index >= 15 is 0 Å². The van der Waals surface area contributed by atoms with Crippen molar-refractivity contribution in [3.05, 3.63) is 58.6 Å². The lowest BCUT2D eigenvalue weighted by atomic mass is 10.2. The third kappa shape index (κ3) is 2.52. The Balaban J connectivity index is 2.38. The fourth-order valence-corrected chi connectivity index (χ4v) is 2.71. The molecule has 108 valence electrons. The van der Waals surface area contributed by atoms with Crippen LogP contribution in [0.5, 0.6) is 0 Å². The second-order valence-electron chi connectivity index (χ2n) is 4.99. The molecule has 21 heavy (non-hydrogen) atoms. The number of benzene rings is 2. The lowest BCUT2D eigenvalue weighted by Gasteiger charge is -2.11. The molecule has 0 aliphatic carbocycles. The molecule has 0 spiro atoms. The van der Waals surface area contributed by atoms with Crippen LogP contribution in [0.3, 0.4) is 0 Å². The van der Waals surface area contributed by atoms with Crippen LogP contribution in [-0.4, -0.2) is 9.55 Å². The third-order valence-corrected chi connectivity index (χ3v) is 3.81. The van der Waals surface area contributed by atoms with E-state index in [0.717, 1.165) is 11.2 Å². The summed E-state index contributed by atoms with van der Waals surface area (Å²) < 4.78 is 15.7. The van der Waals surface area contributed by atoms with E-state index < -0.39 is 0 Å².